The van der Waals surface area contributed by atoms with E-state index in [4.69, 9.17) is 0 Å². The third kappa shape index (κ3) is 1.29. The highest BCUT2D eigenvalue weighted by Gasteiger charge is 2.53. The summed E-state index contributed by atoms with van der Waals surface area (Å²) in [6.45, 7) is 0. The van der Waals surface area contributed by atoms with Crippen molar-refractivity contribution in [3.05, 3.63) is 35.4 Å². The summed E-state index contributed by atoms with van der Waals surface area (Å²) in [5.74, 6) is 0. The summed E-state index contributed by atoms with van der Waals surface area (Å²) >= 11 is 0. The van der Waals surface area contributed by atoms with Crippen molar-refractivity contribution in [1.82, 2.24) is 5.32 Å². The predicted octanol–water partition coefficient (Wildman–Crippen LogP) is 3.06. The molecule has 1 saturated carbocycles. The molecule has 2 aliphatic heterocycles. The number of fused-ring (bicyclic) bond motifs is 1. The normalized spacial score (nSPS) is 32.6. The van der Waals surface area contributed by atoms with Crippen molar-refractivity contribution >= 4 is 0 Å². The third-order valence-electron chi connectivity index (χ3n) is 3.74. The van der Waals surface area contributed by atoms with E-state index in [0.717, 1.165) is 19.3 Å². The highest BCUT2D eigenvalue weighted by atomic mass is 19.4. The van der Waals surface area contributed by atoms with Crippen LogP contribution in [0.15, 0.2) is 24.3 Å². The van der Waals surface area contributed by atoms with Crippen LogP contribution in [-0.2, 0) is 11.7 Å². The van der Waals surface area contributed by atoms with Crippen molar-refractivity contribution in [2.24, 2.45) is 0 Å². The van der Waals surface area contributed by atoms with E-state index >= 15 is 0 Å². The maximum Gasteiger partial charge on any atom is 0.416 e. The lowest BCUT2D eigenvalue weighted by Gasteiger charge is -2.42. The van der Waals surface area contributed by atoms with E-state index in [-0.39, 0.29) is 0 Å². The van der Waals surface area contributed by atoms with Crippen molar-refractivity contribution in [3.63, 3.8) is 0 Å². The SMILES string of the molecule is FC(F)(F)c1ccccc1C12CCC(C1)N2. The van der Waals surface area contributed by atoms with Crippen molar-refractivity contribution in [3.8, 4) is 0 Å². The van der Waals surface area contributed by atoms with Crippen LogP contribution in [0.1, 0.15) is 30.4 Å². The van der Waals surface area contributed by atoms with Gasteiger partial charge in [-0.3, -0.25) is 0 Å². The molecule has 2 saturated heterocycles. The van der Waals surface area contributed by atoms with Crippen LogP contribution >= 0.6 is 0 Å². The molecule has 1 aliphatic carbocycles. The molecule has 1 aromatic rings. The molecule has 1 nitrogen and oxygen atoms in total. The zero-order valence-electron chi connectivity index (χ0n) is 8.64. The van der Waals surface area contributed by atoms with Crippen LogP contribution in [-0.4, -0.2) is 6.04 Å². The molecule has 2 heterocycles. The molecule has 0 amide bonds. The highest BCUT2D eigenvalue weighted by molar-refractivity contribution is 5.39. The molecule has 1 aromatic carbocycles. The summed E-state index contributed by atoms with van der Waals surface area (Å²) in [5.41, 5.74) is -0.448. The summed E-state index contributed by atoms with van der Waals surface area (Å²) in [6.07, 6.45) is -1.59. The number of hydrogen-bond donors (Lipinski definition) is 1. The minimum atomic E-state index is -4.25. The molecule has 0 aromatic heterocycles. The van der Waals surface area contributed by atoms with Crippen LogP contribution in [0.2, 0.25) is 0 Å². The van der Waals surface area contributed by atoms with E-state index in [1.165, 1.54) is 12.1 Å². The molecule has 0 radical (unpaired) electrons. The zero-order valence-corrected chi connectivity index (χ0v) is 8.64. The second-order valence-electron chi connectivity index (χ2n) is 4.71. The van der Waals surface area contributed by atoms with Crippen LogP contribution in [0.3, 0.4) is 0 Å². The third-order valence-corrected chi connectivity index (χ3v) is 3.74. The van der Waals surface area contributed by atoms with Gasteiger partial charge in [-0.1, -0.05) is 18.2 Å². The number of halogens is 3. The van der Waals surface area contributed by atoms with Gasteiger partial charge in [0.15, 0.2) is 0 Å². The molecule has 2 atom stereocenters. The van der Waals surface area contributed by atoms with Gasteiger partial charge >= 0.3 is 6.18 Å². The van der Waals surface area contributed by atoms with Crippen molar-refractivity contribution in [2.45, 2.75) is 37.0 Å². The van der Waals surface area contributed by atoms with Gasteiger partial charge in [-0.25, -0.2) is 0 Å². The van der Waals surface area contributed by atoms with Gasteiger partial charge in [0, 0.05) is 11.6 Å². The first-order valence-electron chi connectivity index (χ1n) is 5.46. The molecule has 2 unspecified atom stereocenters. The van der Waals surface area contributed by atoms with Gasteiger partial charge in [-0.15, -0.1) is 0 Å². The van der Waals surface area contributed by atoms with Crippen LogP contribution in [0.4, 0.5) is 13.2 Å². The van der Waals surface area contributed by atoms with Crippen LogP contribution in [0.25, 0.3) is 0 Å². The molecule has 3 fully saturated rings. The second kappa shape index (κ2) is 3.00. The molecular formula is C12H12F3N. The van der Waals surface area contributed by atoms with E-state index in [1.807, 2.05) is 0 Å². The fourth-order valence-corrected chi connectivity index (χ4v) is 3.03. The summed E-state index contributed by atoms with van der Waals surface area (Å²) < 4.78 is 38.6. The molecule has 86 valence electrons. The van der Waals surface area contributed by atoms with Crippen molar-refractivity contribution in [2.75, 3.05) is 0 Å². The highest BCUT2D eigenvalue weighted by Crippen LogP contribution is 2.50. The topological polar surface area (TPSA) is 12.0 Å². The van der Waals surface area contributed by atoms with Crippen molar-refractivity contribution < 1.29 is 13.2 Å². The van der Waals surface area contributed by atoms with Gasteiger partial charge in [0.05, 0.1) is 5.56 Å². The summed E-state index contributed by atoms with van der Waals surface area (Å²) in [6, 6.07) is 6.36. The first-order chi connectivity index (χ1) is 7.51. The average molecular weight is 227 g/mol. The maximum atomic E-state index is 12.9. The first-order valence-corrected chi connectivity index (χ1v) is 5.46. The van der Waals surface area contributed by atoms with E-state index in [2.05, 4.69) is 5.32 Å². The second-order valence-corrected chi connectivity index (χ2v) is 4.71. The lowest BCUT2D eigenvalue weighted by atomic mass is 9.80. The standard InChI is InChI=1S/C12H12F3N/c13-12(14,15)10-4-2-1-3-9(10)11-6-5-8(7-11)16-11/h1-4,8,16H,5-7H2. The van der Waals surface area contributed by atoms with Crippen LogP contribution in [0, 0.1) is 0 Å². The fourth-order valence-electron chi connectivity index (χ4n) is 3.03. The van der Waals surface area contributed by atoms with E-state index < -0.39 is 17.3 Å². The molecule has 4 heteroatoms. The Morgan fingerprint density at radius 2 is 1.94 bits per heavy atom. The van der Waals surface area contributed by atoms with E-state index in [1.54, 1.807) is 12.1 Å². The monoisotopic (exact) mass is 227 g/mol. The number of hydrogen-bond acceptors (Lipinski definition) is 1. The molecular weight excluding hydrogens is 215 g/mol. The first kappa shape index (κ1) is 10.1. The van der Waals surface area contributed by atoms with Gasteiger partial charge in [-0.2, -0.15) is 13.2 Å². The average Bonchev–Trinajstić information content (AvgIpc) is 2.75. The van der Waals surface area contributed by atoms with E-state index in [9.17, 15) is 13.2 Å². The van der Waals surface area contributed by atoms with Crippen LogP contribution in [0.5, 0.6) is 0 Å². The molecule has 16 heavy (non-hydrogen) atoms. The molecule has 4 rings (SSSR count). The van der Waals surface area contributed by atoms with Crippen LogP contribution < -0.4 is 5.32 Å². The Kier molecular flexibility index (Phi) is 1.90. The Labute approximate surface area is 91.7 Å². The minimum Gasteiger partial charge on any atom is -0.304 e. The Bertz CT molecular complexity index is 413. The number of benzene rings is 1. The van der Waals surface area contributed by atoms with Gasteiger partial charge in [0.1, 0.15) is 0 Å². The van der Waals surface area contributed by atoms with Gasteiger partial charge in [-0.05, 0) is 30.9 Å². The summed E-state index contributed by atoms with van der Waals surface area (Å²) in [5, 5.41) is 3.26. The Morgan fingerprint density at radius 3 is 2.50 bits per heavy atom. The lowest BCUT2D eigenvalue weighted by Crippen LogP contribution is -2.54. The fraction of sp³-hybridized carbons (Fsp3) is 0.500. The Hall–Kier alpha value is -1.03. The molecule has 3 aliphatic rings. The largest absolute Gasteiger partial charge is 0.416 e. The zero-order chi connectivity index (χ0) is 11.4. The lowest BCUT2D eigenvalue weighted by molar-refractivity contribution is -0.139. The summed E-state index contributed by atoms with van der Waals surface area (Å²) in [4.78, 5) is 0. The number of alkyl halides is 3. The van der Waals surface area contributed by atoms with Gasteiger partial charge < -0.3 is 5.32 Å². The maximum absolute atomic E-state index is 12.9. The quantitative estimate of drug-likeness (QED) is 0.777. The minimum absolute atomic E-state index is 0.392. The predicted molar refractivity (Wildman–Crippen MR) is 53.9 cm³/mol. The number of nitrogens with one attached hydrogen (secondary N) is 1. The smallest absolute Gasteiger partial charge is 0.304 e. The Morgan fingerprint density at radius 1 is 1.25 bits per heavy atom. The van der Waals surface area contributed by atoms with E-state index in [0.29, 0.717) is 11.6 Å². The summed E-state index contributed by atoms with van der Waals surface area (Å²) in [7, 11) is 0. The van der Waals surface area contributed by atoms with Gasteiger partial charge in [0.25, 0.3) is 0 Å². The molecule has 0 spiro atoms. The molecule has 2 bridgehead atoms. The van der Waals surface area contributed by atoms with Gasteiger partial charge in [0.2, 0.25) is 0 Å². The molecule has 1 N–H and O–H groups in total. The van der Waals surface area contributed by atoms with Crippen molar-refractivity contribution in [1.29, 1.82) is 0 Å². The number of rotatable bonds is 1. The Balaban J connectivity index is 2.07.